The van der Waals surface area contributed by atoms with E-state index in [9.17, 15) is 0 Å². The largest absolute Gasteiger partial charge is 0.396 e. The number of hydrogen-bond acceptors (Lipinski definition) is 3. The highest BCUT2D eigenvalue weighted by Gasteiger charge is 2.34. The molecule has 0 radical (unpaired) electrons. The Bertz CT molecular complexity index is 141. The predicted octanol–water partition coefficient (Wildman–Crippen LogP) is 2.08. The lowest BCUT2D eigenvalue weighted by atomic mass is 10.0. The van der Waals surface area contributed by atoms with Crippen LogP contribution in [0.1, 0.15) is 45.4 Å². The van der Waals surface area contributed by atoms with Gasteiger partial charge in [-0.1, -0.05) is 13.3 Å². The van der Waals surface area contributed by atoms with Gasteiger partial charge in [-0.2, -0.15) is 0 Å². The molecule has 3 nitrogen and oxygen atoms in total. The third-order valence-electron chi connectivity index (χ3n) is 2.69. The number of aliphatic hydroxyl groups excluding tert-OH is 1. The van der Waals surface area contributed by atoms with Crippen LogP contribution in [0.2, 0.25) is 0 Å². The highest BCUT2D eigenvalue weighted by Crippen LogP contribution is 2.30. The molecule has 0 aromatic heterocycles. The van der Waals surface area contributed by atoms with Crippen LogP contribution in [-0.2, 0) is 9.47 Å². The minimum Gasteiger partial charge on any atom is -0.396 e. The average Bonchev–Trinajstić information content (AvgIpc) is 2.65. The second-order valence-corrected chi connectivity index (χ2v) is 3.89. The van der Waals surface area contributed by atoms with E-state index in [0.717, 1.165) is 45.3 Å². The normalized spacial score (nSPS) is 20.1. The standard InChI is InChI=1S/C11H22O3/c1-2-3-6-11(7-4-5-8-12)13-9-10-14-11/h12H,2-10H2,1H3. The summed E-state index contributed by atoms with van der Waals surface area (Å²) in [5, 5.41) is 8.72. The average molecular weight is 202 g/mol. The van der Waals surface area contributed by atoms with E-state index in [4.69, 9.17) is 14.6 Å². The minimum atomic E-state index is -0.314. The van der Waals surface area contributed by atoms with Crippen molar-refractivity contribution in [1.82, 2.24) is 0 Å². The van der Waals surface area contributed by atoms with Gasteiger partial charge >= 0.3 is 0 Å². The Balaban J connectivity index is 2.28. The molecule has 0 bridgehead atoms. The molecule has 1 saturated heterocycles. The lowest BCUT2D eigenvalue weighted by Gasteiger charge is -2.27. The molecule has 1 rings (SSSR count). The van der Waals surface area contributed by atoms with Crippen molar-refractivity contribution in [3.63, 3.8) is 0 Å². The fourth-order valence-electron chi connectivity index (χ4n) is 1.86. The zero-order valence-corrected chi connectivity index (χ0v) is 9.13. The zero-order valence-electron chi connectivity index (χ0n) is 9.13. The van der Waals surface area contributed by atoms with Gasteiger partial charge in [0.1, 0.15) is 0 Å². The molecule has 1 fully saturated rings. The second-order valence-electron chi connectivity index (χ2n) is 3.89. The molecule has 84 valence electrons. The smallest absolute Gasteiger partial charge is 0.168 e. The monoisotopic (exact) mass is 202 g/mol. The summed E-state index contributed by atoms with van der Waals surface area (Å²) in [4.78, 5) is 0. The van der Waals surface area contributed by atoms with Crippen molar-refractivity contribution in [2.75, 3.05) is 19.8 Å². The number of rotatable bonds is 7. The Labute approximate surface area is 86.4 Å². The van der Waals surface area contributed by atoms with Crippen LogP contribution in [0.3, 0.4) is 0 Å². The van der Waals surface area contributed by atoms with Gasteiger partial charge < -0.3 is 14.6 Å². The molecule has 3 heteroatoms. The van der Waals surface area contributed by atoms with Crippen LogP contribution in [0.5, 0.6) is 0 Å². The topological polar surface area (TPSA) is 38.7 Å². The van der Waals surface area contributed by atoms with Gasteiger partial charge in [0.05, 0.1) is 13.2 Å². The summed E-state index contributed by atoms with van der Waals surface area (Å²) >= 11 is 0. The van der Waals surface area contributed by atoms with Crippen molar-refractivity contribution in [3.8, 4) is 0 Å². The Morgan fingerprint density at radius 1 is 1.07 bits per heavy atom. The first-order valence-corrected chi connectivity index (χ1v) is 5.72. The van der Waals surface area contributed by atoms with Crippen LogP contribution in [0.4, 0.5) is 0 Å². The van der Waals surface area contributed by atoms with Gasteiger partial charge in [-0.05, 0) is 19.3 Å². The first kappa shape index (κ1) is 12.0. The maximum atomic E-state index is 8.72. The van der Waals surface area contributed by atoms with Crippen LogP contribution in [0.15, 0.2) is 0 Å². The van der Waals surface area contributed by atoms with Gasteiger partial charge in [0.25, 0.3) is 0 Å². The van der Waals surface area contributed by atoms with Gasteiger partial charge in [-0.25, -0.2) is 0 Å². The number of hydrogen-bond donors (Lipinski definition) is 1. The number of aliphatic hydroxyl groups is 1. The fraction of sp³-hybridized carbons (Fsp3) is 1.00. The molecule has 1 N–H and O–H groups in total. The molecule has 0 aromatic rings. The minimum absolute atomic E-state index is 0.268. The summed E-state index contributed by atoms with van der Waals surface area (Å²) in [7, 11) is 0. The summed E-state index contributed by atoms with van der Waals surface area (Å²) in [6.07, 6.45) is 6.08. The fourth-order valence-corrected chi connectivity index (χ4v) is 1.86. The Kier molecular flexibility index (Phi) is 5.45. The zero-order chi connectivity index (χ0) is 10.3. The van der Waals surface area contributed by atoms with Crippen molar-refractivity contribution in [2.45, 2.75) is 51.2 Å². The van der Waals surface area contributed by atoms with E-state index >= 15 is 0 Å². The summed E-state index contributed by atoms with van der Waals surface area (Å²) in [6, 6.07) is 0. The van der Waals surface area contributed by atoms with Crippen molar-refractivity contribution in [3.05, 3.63) is 0 Å². The maximum Gasteiger partial charge on any atom is 0.168 e. The third kappa shape index (κ3) is 3.56. The molecule has 0 unspecified atom stereocenters. The molecule has 0 amide bonds. The van der Waals surface area contributed by atoms with E-state index in [2.05, 4.69) is 6.92 Å². The van der Waals surface area contributed by atoms with Gasteiger partial charge in [-0.15, -0.1) is 0 Å². The molecule has 14 heavy (non-hydrogen) atoms. The molecule has 0 saturated carbocycles. The SMILES string of the molecule is CCCCC1(CCCCO)OCCO1. The molecule has 0 atom stereocenters. The first-order chi connectivity index (χ1) is 6.83. The molecule has 0 aromatic carbocycles. The molecular formula is C11H22O3. The van der Waals surface area contributed by atoms with E-state index in [0.29, 0.717) is 0 Å². The molecule has 1 heterocycles. The second kappa shape index (κ2) is 6.38. The van der Waals surface area contributed by atoms with Crippen molar-refractivity contribution in [1.29, 1.82) is 0 Å². The van der Waals surface area contributed by atoms with Crippen LogP contribution < -0.4 is 0 Å². The van der Waals surface area contributed by atoms with E-state index in [-0.39, 0.29) is 12.4 Å². The summed E-state index contributed by atoms with van der Waals surface area (Å²) in [6.45, 7) is 3.89. The Hall–Kier alpha value is -0.120. The van der Waals surface area contributed by atoms with Gasteiger partial charge in [0.2, 0.25) is 0 Å². The van der Waals surface area contributed by atoms with E-state index in [1.807, 2.05) is 0 Å². The number of unbranched alkanes of at least 4 members (excludes halogenated alkanes) is 2. The first-order valence-electron chi connectivity index (χ1n) is 5.72. The molecule has 1 aliphatic rings. The highest BCUT2D eigenvalue weighted by atomic mass is 16.7. The summed E-state index contributed by atoms with van der Waals surface area (Å²) in [5.41, 5.74) is 0. The van der Waals surface area contributed by atoms with Crippen molar-refractivity contribution >= 4 is 0 Å². The Morgan fingerprint density at radius 3 is 2.29 bits per heavy atom. The van der Waals surface area contributed by atoms with Gasteiger partial charge in [0, 0.05) is 19.4 Å². The predicted molar refractivity (Wildman–Crippen MR) is 55.1 cm³/mol. The molecular weight excluding hydrogens is 180 g/mol. The van der Waals surface area contributed by atoms with Crippen LogP contribution >= 0.6 is 0 Å². The highest BCUT2D eigenvalue weighted by molar-refractivity contribution is 4.74. The van der Waals surface area contributed by atoms with E-state index < -0.39 is 0 Å². The van der Waals surface area contributed by atoms with Crippen molar-refractivity contribution < 1.29 is 14.6 Å². The molecule has 0 spiro atoms. The summed E-state index contributed by atoms with van der Waals surface area (Å²) in [5.74, 6) is -0.314. The third-order valence-corrected chi connectivity index (χ3v) is 2.69. The Morgan fingerprint density at radius 2 is 1.71 bits per heavy atom. The van der Waals surface area contributed by atoms with Crippen molar-refractivity contribution in [2.24, 2.45) is 0 Å². The maximum absolute atomic E-state index is 8.72. The van der Waals surface area contributed by atoms with Gasteiger partial charge in [-0.3, -0.25) is 0 Å². The lowest BCUT2D eigenvalue weighted by Crippen LogP contribution is -2.30. The van der Waals surface area contributed by atoms with Crippen LogP contribution in [0.25, 0.3) is 0 Å². The number of ether oxygens (including phenoxy) is 2. The lowest BCUT2D eigenvalue weighted by molar-refractivity contribution is -0.168. The molecule has 0 aliphatic carbocycles. The quantitative estimate of drug-likeness (QED) is 0.642. The summed E-state index contributed by atoms with van der Waals surface area (Å²) < 4.78 is 11.4. The van der Waals surface area contributed by atoms with E-state index in [1.54, 1.807) is 0 Å². The van der Waals surface area contributed by atoms with Crippen LogP contribution in [-0.4, -0.2) is 30.7 Å². The molecule has 1 aliphatic heterocycles. The van der Waals surface area contributed by atoms with E-state index in [1.165, 1.54) is 6.42 Å². The van der Waals surface area contributed by atoms with Crippen LogP contribution in [0, 0.1) is 0 Å². The van der Waals surface area contributed by atoms with Gasteiger partial charge in [0.15, 0.2) is 5.79 Å².